The fraction of sp³-hybridized carbons (Fsp3) is 0.0192. The lowest BCUT2D eigenvalue weighted by Gasteiger charge is -2.09. The number of hydrogen-bond acceptors (Lipinski definition) is 5. The third-order valence-electron chi connectivity index (χ3n) is 11.4. The Morgan fingerprint density at radius 1 is 0.316 bits per heavy atom. The standard InChI is InChI=1S/C52H31N3O2/c1-3-11-31(12-4-1)50-53-51(32-13-5-2-6-14-32)55-52(54-50)41-18-10-20-47-49(41)43-30-36(23-26-45(43)57-47)40-17-9-19-46-48(40)42-29-34(22-25-44(42)56-46)33-21-24-39-37(27-33)28-35-15-7-8-16-38(35)39/h1-27,29-30H,28H2. The van der Waals surface area contributed by atoms with Gasteiger partial charge in [0.15, 0.2) is 17.5 Å². The summed E-state index contributed by atoms with van der Waals surface area (Å²) in [6, 6.07) is 61.2. The first-order valence-corrected chi connectivity index (χ1v) is 19.2. The molecule has 0 saturated heterocycles. The number of furan rings is 2. The predicted octanol–water partition coefficient (Wildman–Crippen LogP) is 13.6. The van der Waals surface area contributed by atoms with E-state index in [-0.39, 0.29) is 0 Å². The summed E-state index contributed by atoms with van der Waals surface area (Å²) < 4.78 is 13.0. The molecule has 0 radical (unpaired) electrons. The molecule has 3 heterocycles. The maximum atomic E-state index is 6.51. The van der Waals surface area contributed by atoms with Crippen LogP contribution in [-0.4, -0.2) is 15.0 Å². The fourth-order valence-corrected chi connectivity index (χ4v) is 8.68. The summed E-state index contributed by atoms with van der Waals surface area (Å²) in [7, 11) is 0. The van der Waals surface area contributed by atoms with Gasteiger partial charge in [-0.2, -0.15) is 0 Å². The third-order valence-corrected chi connectivity index (χ3v) is 11.4. The molecule has 0 fully saturated rings. The van der Waals surface area contributed by atoms with Crippen LogP contribution in [0.25, 0.3) is 111 Å². The maximum absolute atomic E-state index is 6.51. The number of benzene rings is 8. The summed E-state index contributed by atoms with van der Waals surface area (Å²) in [4.78, 5) is 15.1. The topological polar surface area (TPSA) is 65.0 Å². The van der Waals surface area contributed by atoms with E-state index in [2.05, 4.69) is 103 Å². The summed E-state index contributed by atoms with van der Waals surface area (Å²) in [5.74, 6) is 1.83. The molecule has 5 heteroatoms. The lowest BCUT2D eigenvalue weighted by atomic mass is 9.95. The summed E-state index contributed by atoms with van der Waals surface area (Å²) >= 11 is 0. The molecule has 0 bridgehead atoms. The van der Waals surface area contributed by atoms with E-state index in [0.717, 1.165) is 78.1 Å². The number of hydrogen-bond donors (Lipinski definition) is 0. The van der Waals surface area contributed by atoms with Gasteiger partial charge in [-0.1, -0.05) is 140 Å². The number of fused-ring (bicyclic) bond motifs is 9. The lowest BCUT2D eigenvalue weighted by molar-refractivity contribution is 0.669. The second-order valence-corrected chi connectivity index (χ2v) is 14.7. The number of nitrogens with zero attached hydrogens (tertiary/aromatic N) is 3. The average Bonchev–Trinajstić information content (AvgIpc) is 3.97. The molecule has 266 valence electrons. The Bertz CT molecular complexity index is 3320. The van der Waals surface area contributed by atoms with E-state index in [9.17, 15) is 0 Å². The van der Waals surface area contributed by atoms with Crippen molar-refractivity contribution in [3.05, 3.63) is 187 Å². The predicted molar refractivity (Wildman–Crippen MR) is 230 cm³/mol. The van der Waals surface area contributed by atoms with Crippen LogP contribution in [0.4, 0.5) is 0 Å². The molecule has 0 atom stereocenters. The molecule has 0 N–H and O–H groups in total. The van der Waals surface area contributed by atoms with Gasteiger partial charge in [0.1, 0.15) is 22.3 Å². The van der Waals surface area contributed by atoms with Crippen molar-refractivity contribution in [3.8, 4) is 67.5 Å². The highest BCUT2D eigenvalue weighted by molar-refractivity contribution is 6.16. The molecular formula is C52H31N3O2. The highest BCUT2D eigenvalue weighted by atomic mass is 16.3. The van der Waals surface area contributed by atoms with Crippen LogP contribution in [0, 0.1) is 0 Å². The van der Waals surface area contributed by atoms with Crippen molar-refractivity contribution >= 4 is 43.9 Å². The van der Waals surface area contributed by atoms with Crippen LogP contribution in [0.1, 0.15) is 11.1 Å². The van der Waals surface area contributed by atoms with Gasteiger partial charge in [-0.3, -0.25) is 0 Å². The van der Waals surface area contributed by atoms with Gasteiger partial charge in [0.2, 0.25) is 0 Å². The first-order chi connectivity index (χ1) is 28.2. The molecule has 3 aromatic heterocycles. The summed E-state index contributed by atoms with van der Waals surface area (Å²) in [5.41, 5.74) is 16.0. The van der Waals surface area contributed by atoms with Gasteiger partial charge < -0.3 is 8.83 Å². The Balaban J connectivity index is 1.01. The molecule has 1 aliphatic carbocycles. The van der Waals surface area contributed by atoms with E-state index in [4.69, 9.17) is 23.8 Å². The van der Waals surface area contributed by atoms with Crippen molar-refractivity contribution < 1.29 is 8.83 Å². The molecule has 0 aliphatic heterocycles. The zero-order chi connectivity index (χ0) is 37.5. The second kappa shape index (κ2) is 12.4. The maximum Gasteiger partial charge on any atom is 0.164 e. The smallest absolute Gasteiger partial charge is 0.164 e. The molecule has 0 unspecified atom stereocenters. The summed E-state index contributed by atoms with van der Waals surface area (Å²) in [5, 5.41) is 4.13. The van der Waals surface area contributed by atoms with Crippen molar-refractivity contribution in [2.75, 3.05) is 0 Å². The van der Waals surface area contributed by atoms with Crippen molar-refractivity contribution in [3.63, 3.8) is 0 Å². The minimum atomic E-state index is 0.590. The average molecular weight is 730 g/mol. The van der Waals surface area contributed by atoms with Crippen LogP contribution in [-0.2, 0) is 6.42 Å². The summed E-state index contributed by atoms with van der Waals surface area (Å²) in [6.45, 7) is 0. The minimum Gasteiger partial charge on any atom is -0.456 e. The Morgan fingerprint density at radius 2 is 0.825 bits per heavy atom. The van der Waals surface area contributed by atoms with Crippen molar-refractivity contribution in [2.24, 2.45) is 0 Å². The van der Waals surface area contributed by atoms with E-state index in [1.54, 1.807) is 0 Å². The largest absolute Gasteiger partial charge is 0.456 e. The van der Waals surface area contributed by atoms with E-state index < -0.39 is 0 Å². The van der Waals surface area contributed by atoms with Crippen molar-refractivity contribution in [1.29, 1.82) is 0 Å². The molecule has 57 heavy (non-hydrogen) atoms. The van der Waals surface area contributed by atoms with Crippen LogP contribution >= 0.6 is 0 Å². The number of aromatic nitrogens is 3. The van der Waals surface area contributed by atoms with Crippen LogP contribution in [0.5, 0.6) is 0 Å². The Labute approximate surface area is 327 Å². The van der Waals surface area contributed by atoms with Gasteiger partial charge in [0.25, 0.3) is 0 Å². The Hall–Kier alpha value is -7.63. The van der Waals surface area contributed by atoms with Gasteiger partial charge in [-0.05, 0) is 87.3 Å². The van der Waals surface area contributed by atoms with Crippen molar-refractivity contribution in [1.82, 2.24) is 15.0 Å². The normalized spacial score (nSPS) is 12.1. The fourth-order valence-electron chi connectivity index (χ4n) is 8.68. The highest BCUT2D eigenvalue weighted by Gasteiger charge is 2.21. The zero-order valence-electron chi connectivity index (χ0n) is 30.6. The van der Waals surface area contributed by atoms with Crippen LogP contribution < -0.4 is 0 Å². The van der Waals surface area contributed by atoms with E-state index in [0.29, 0.717) is 17.5 Å². The van der Waals surface area contributed by atoms with Crippen LogP contribution in [0.2, 0.25) is 0 Å². The molecular weight excluding hydrogens is 699 g/mol. The monoisotopic (exact) mass is 729 g/mol. The summed E-state index contributed by atoms with van der Waals surface area (Å²) in [6.07, 6.45) is 0.961. The second-order valence-electron chi connectivity index (χ2n) is 14.7. The highest BCUT2D eigenvalue weighted by Crippen LogP contribution is 2.43. The first-order valence-electron chi connectivity index (χ1n) is 19.2. The SMILES string of the molecule is c1ccc(-c2nc(-c3ccccc3)nc(-c3cccc4oc5ccc(-c6cccc7oc8ccc(-c9ccc%10c(c9)Cc9ccccc9-%10)cc8c67)cc5c34)n2)cc1. The third kappa shape index (κ3) is 5.13. The number of rotatable bonds is 5. The van der Waals surface area contributed by atoms with Gasteiger partial charge >= 0.3 is 0 Å². The van der Waals surface area contributed by atoms with Gasteiger partial charge in [-0.15, -0.1) is 0 Å². The Kier molecular flexibility index (Phi) is 6.92. The molecule has 8 aromatic carbocycles. The van der Waals surface area contributed by atoms with Crippen LogP contribution in [0.15, 0.2) is 185 Å². The Morgan fingerprint density at radius 3 is 1.53 bits per heavy atom. The molecule has 0 amide bonds. The zero-order valence-corrected chi connectivity index (χ0v) is 30.6. The molecule has 12 rings (SSSR count). The molecule has 1 aliphatic rings. The molecule has 0 spiro atoms. The van der Waals surface area contributed by atoms with Crippen molar-refractivity contribution in [2.45, 2.75) is 6.42 Å². The van der Waals surface area contributed by atoms with E-state index in [1.807, 2.05) is 72.8 Å². The first kappa shape index (κ1) is 31.7. The van der Waals surface area contributed by atoms with Crippen LogP contribution in [0.3, 0.4) is 0 Å². The quantitative estimate of drug-likeness (QED) is 0.176. The lowest BCUT2D eigenvalue weighted by Crippen LogP contribution is -2.00. The molecule has 0 saturated carbocycles. The molecule has 5 nitrogen and oxygen atoms in total. The van der Waals surface area contributed by atoms with E-state index in [1.165, 1.54) is 33.4 Å². The molecule has 11 aromatic rings. The van der Waals surface area contributed by atoms with E-state index >= 15 is 0 Å². The minimum absolute atomic E-state index is 0.590. The van der Waals surface area contributed by atoms with Gasteiger partial charge in [-0.25, -0.2) is 15.0 Å². The van der Waals surface area contributed by atoms with Gasteiger partial charge in [0.05, 0.1) is 0 Å². The van der Waals surface area contributed by atoms with Gasteiger partial charge in [0, 0.05) is 38.2 Å².